The number of rotatable bonds is 7. The lowest BCUT2D eigenvalue weighted by Crippen LogP contribution is -2.41. The van der Waals surface area contributed by atoms with Crippen molar-refractivity contribution in [2.45, 2.75) is 58.0 Å². The SMILES string of the molecule is Cc1occc1CN(C)CC1(CNC2CC2)CCCC1. The molecule has 0 spiro atoms. The molecule has 0 aliphatic heterocycles. The maximum atomic E-state index is 5.41. The van der Waals surface area contributed by atoms with Crippen molar-refractivity contribution in [3.8, 4) is 0 Å². The van der Waals surface area contributed by atoms with Gasteiger partial charge < -0.3 is 14.6 Å². The average molecular weight is 276 g/mol. The van der Waals surface area contributed by atoms with Crippen molar-refractivity contribution < 1.29 is 4.42 Å². The summed E-state index contributed by atoms with van der Waals surface area (Å²) < 4.78 is 5.41. The van der Waals surface area contributed by atoms with Crippen LogP contribution in [-0.4, -0.2) is 31.1 Å². The highest BCUT2D eigenvalue weighted by Crippen LogP contribution is 2.39. The van der Waals surface area contributed by atoms with E-state index in [4.69, 9.17) is 4.42 Å². The third-order valence-electron chi connectivity index (χ3n) is 5.02. The second kappa shape index (κ2) is 5.90. The van der Waals surface area contributed by atoms with Gasteiger partial charge >= 0.3 is 0 Å². The molecule has 0 amide bonds. The minimum atomic E-state index is 0.509. The normalized spacial score (nSPS) is 21.8. The summed E-state index contributed by atoms with van der Waals surface area (Å²) in [6, 6.07) is 2.93. The summed E-state index contributed by atoms with van der Waals surface area (Å²) in [7, 11) is 2.25. The van der Waals surface area contributed by atoms with Crippen LogP contribution in [0.1, 0.15) is 49.8 Å². The van der Waals surface area contributed by atoms with Gasteiger partial charge in [-0.3, -0.25) is 0 Å². The molecule has 2 saturated carbocycles. The van der Waals surface area contributed by atoms with Crippen LogP contribution in [0.4, 0.5) is 0 Å². The number of nitrogens with zero attached hydrogens (tertiary/aromatic N) is 1. The smallest absolute Gasteiger partial charge is 0.105 e. The third kappa shape index (κ3) is 3.44. The number of nitrogens with one attached hydrogen (secondary N) is 1. The minimum Gasteiger partial charge on any atom is -0.469 e. The molecule has 0 unspecified atom stereocenters. The molecule has 1 heterocycles. The fraction of sp³-hybridized carbons (Fsp3) is 0.765. The van der Waals surface area contributed by atoms with Crippen LogP contribution in [-0.2, 0) is 6.54 Å². The van der Waals surface area contributed by atoms with E-state index < -0.39 is 0 Å². The second-order valence-electron chi connectivity index (χ2n) is 7.04. The monoisotopic (exact) mass is 276 g/mol. The van der Waals surface area contributed by atoms with Crippen molar-refractivity contribution in [3.05, 3.63) is 23.7 Å². The summed E-state index contributed by atoms with van der Waals surface area (Å²) in [4.78, 5) is 2.48. The van der Waals surface area contributed by atoms with Crippen LogP contribution < -0.4 is 5.32 Å². The molecule has 0 atom stereocenters. The summed E-state index contributed by atoms with van der Waals surface area (Å²) in [6.07, 6.45) is 10.2. The zero-order chi connectivity index (χ0) is 14.0. The van der Waals surface area contributed by atoms with Crippen LogP contribution in [0.2, 0.25) is 0 Å². The van der Waals surface area contributed by atoms with Crippen molar-refractivity contribution in [1.29, 1.82) is 0 Å². The van der Waals surface area contributed by atoms with Crippen LogP contribution in [0.5, 0.6) is 0 Å². The molecule has 2 aliphatic rings. The first-order chi connectivity index (χ1) is 9.67. The first-order valence-electron chi connectivity index (χ1n) is 8.12. The Labute approximate surface area is 122 Å². The van der Waals surface area contributed by atoms with Gasteiger partial charge in [-0.2, -0.15) is 0 Å². The third-order valence-corrected chi connectivity index (χ3v) is 5.02. The first-order valence-corrected chi connectivity index (χ1v) is 8.12. The van der Waals surface area contributed by atoms with E-state index in [1.807, 2.05) is 0 Å². The van der Waals surface area contributed by atoms with Crippen LogP contribution in [0.25, 0.3) is 0 Å². The van der Waals surface area contributed by atoms with E-state index in [9.17, 15) is 0 Å². The Balaban J connectivity index is 1.56. The zero-order valence-corrected chi connectivity index (χ0v) is 13.0. The highest BCUT2D eigenvalue weighted by molar-refractivity contribution is 5.15. The Morgan fingerprint density at radius 2 is 2.10 bits per heavy atom. The maximum Gasteiger partial charge on any atom is 0.105 e. The molecule has 1 aromatic rings. The molecule has 2 aliphatic carbocycles. The second-order valence-corrected chi connectivity index (χ2v) is 7.04. The number of hydrogen-bond acceptors (Lipinski definition) is 3. The van der Waals surface area contributed by atoms with E-state index >= 15 is 0 Å². The Morgan fingerprint density at radius 3 is 2.70 bits per heavy atom. The molecule has 112 valence electrons. The summed E-state index contributed by atoms with van der Waals surface area (Å²) >= 11 is 0. The van der Waals surface area contributed by atoms with E-state index in [0.29, 0.717) is 5.41 Å². The Hall–Kier alpha value is -0.800. The van der Waals surface area contributed by atoms with Crippen molar-refractivity contribution in [2.75, 3.05) is 20.1 Å². The molecular formula is C17H28N2O. The molecule has 3 rings (SSSR count). The van der Waals surface area contributed by atoms with E-state index in [1.165, 1.54) is 57.2 Å². The van der Waals surface area contributed by atoms with Gasteiger partial charge in [0.25, 0.3) is 0 Å². The van der Waals surface area contributed by atoms with Gasteiger partial charge in [-0.15, -0.1) is 0 Å². The highest BCUT2D eigenvalue weighted by Gasteiger charge is 2.36. The lowest BCUT2D eigenvalue weighted by atomic mass is 9.85. The summed E-state index contributed by atoms with van der Waals surface area (Å²) in [5, 5.41) is 3.77. The van der Waals surface area contributed by atoms with Gasteiger partial charge in [0.1, 0.15) is 5.76 Å². The molecule has 0 radical (unpaired) electrons. The zero-order valence-electron chi connectivity index (χ0n) is 13.0. The van der Waals surface area contributed by atoms with Gasteiger partial charge in [0, 0.05) is 31.2 Å². The van der Waals surface area contributed by atoms with Crippen molar-refractivity contribution in [2.24, 2.45) is 5.41 Å². The minimum absolute atomic E-state index is 0.509. The largest absolute Gasteiger partial charge is 0.469 e. The van der Waals surface area contributed by atoms with Crippen molar-refractivity contribution >= 4 is 0 Å². The van der Waals surface area contributed by atoms with Gasteiger partial charge in [-0.05, 0) is 51.1 Å². The Kier molecular flexibility index (Phi) is 4.18. The number of hydrogen-bond donors (Lipinski definition) is 1. The predicted octanol–water partition coefficient (Wildman–Crippen LogP) is 3.33. The fourth-order valence-corrected chi connectivity index (χ4v) is 3.66. The molecule has 1 aromatic heterocycles. The molecule has 0 bridgehead atoms. The van der Waals surface area contributed by atoms with E-state index in [0.717, 1.165) is 18.3 Å². The molecular weight excluding hydrogens is 248 g/mol. The van der Waals surface area contributed by atoms with Gasteiger partial charge in [-0.1, -0.05) is 12.8 Å². The van der Waals surface area contributed by atoms with Crippen LogP contribution >= 0.6 is 0 Å². The van der Waals surface area contributed by atoms with Gasteiger partial charge in [0.2, 0.25) is 0 Å². The van der Waals surface area contributed by atoms with Crippen LogP contribution in [0.3, 0.4) is 0 Å². The van der Waals surface area contributed by atoms with E-state index in [-0.39, 0.29) is 0 Å². The molecule has 3 nitrogen and oxygen atoms in total. The predicted molar refractivity (Wildman–Crippen MR) is 81.7 cm³/mol. The van der Waals surface area contributed by atoms with Crippen LogP contribution in [0.15, 0.2) is 16.7 Å². The van der Waals surface area contributed by atoms with E-state index in [2.05, 4.69) is 30.3 Å². The first kappa shape index (κ1) is 14.2. The fourth-order valence-electron chi connectivity index (χ4n) is 3.66. The topological polar surface area (TPSA) is 28.4 Å². The molecule has 0 aromatic carbocycles. The Bertz CT molecular complexity index is 430. The Morgan fingerprint density at radius 1 is 1.35 bits per heavy atom. The average Bonchev–Trinajstić information content (AvgIpc) is 3.02. The van der Waals surface area contributed by atoms with Crippen LogP contribution in [0, 0.1) is 12.3 Å². The lowest BCUT2D eigenvalue weighted by molar-refractivity contribution is 0.166. The highest BCUT2D eigenvalue weighted by atomic mass is 16.3. The van der Waals surface area contributed by atoms with Crippen molar-refractivity contribution in [1.82, 2.24) is 10.2 Å². The lowest BCUT2D eigenvalue weighted by Gasteiger charge is -2.34. The number of furan rings is 1. The van der Waals surface area contributed by atoms with Gasteiger partial charge in [0.05, 0.1) is 6.26 Å². The van der Waals surface area contributed by atoms with Gasteiger partial charge in [0.15, 0.2) is 0 Å². The standard InChI is InChI=1S/C17H28N2O/c1-14-15(7-10-20-14)11-19(2)13-17(8-3-4-9-17)12-18-16-5-6-16/h7,10,16,18H,3-6,8-9,11-13H2,1-2H3. The number of aryl methyl sites for hydroxylation is 1. The molecule has 3 heteroatoms. The summed E-state index contributed by atoms with van der Waals surface area (Å²) in [5.74, 6) is 1.06. The van der Waals surface area contributed by atoms with E-state index in [1.54, 1.807) is 6.26 Å². The van der Waals surface area contributed by atoms with Crippen molar-refractivity contribution in [3.63, 3.8) is 0 Å². The quantitative estimate of drug-likeness (QED) is 0.828. The molecule has 20 heavy (non-hydrogen) atoms. The summed E-state index contributed by atoms with van der Waals surface area (Å²) in [5.41, 5.74) is 1.84. The maximum absolute atomic E-state index is 5.41. The molecule has 0 saturated heterocycles. The molecule has 2 fully saturated rings. The summed E-state index contributed by atoms with van der Waals surface area (Å²) in [6.45, 7) is 5.49. The molecule has 1 N–H and O–H groups in total. The van der Waals surface area contributed by atoms with Gasteiger partial charge in [-0.25, -0.2) is 0 Å².